The first-order valence-corrected chi connectivity index (χ1v) is 6.82. The van der Waals surface area contributed by atoms with E-state index in [9.17, 15) is 9.59 Å². The zero-order chi connectivity index (χ0) is 15.3. The molecule has 6 nitrogen and oxygen atoms in total. The SMILES string of the molecule is [C-]#[N+]c1csc(C(NC(=O)OC(C)(C)C)C(=O)NC)c1. The Balaban J connectivity index is 2.89. The fourth-order valence-electron chi connectivity index (χ4n) is 1.39. The van der Waals surface area contributed by atoms with Crippen molar-refractivity contribution in [2.75, 3.05) is 7.05 Å². The molecule has 2 N–H and O–H groups in total. The topological polar surface area (TPSA) is 71.8 Å². The minimum Gasteiger partial charge on any atom is -0.444 e. The number of hydrogen-bond acceptors (Lipinski definition) is 4. The van der Waals surface area contributed by atoms with Gasteiger partial charge in [-0.2, -0.15) is 11.3 Å². The van der Waals surface area contributed by atoms with Gasteiger partial charge >= 0.3 is 6.09 Å². The lowest BCUT2D eigenvalue weighted by Crippen LogP contribution is -2.41. The van der Waals surface area contributed by atoms with E-state index in [0.29, 0.717) is 10.6 Å². The van der Waals surface area contributed by atoms with Crippen LogP contribution in [-0.2, 0) is 9.53 Å². The molecule has 20 heavy (non-hydrogen) atoms. The number of amides is 2. The summed E-state index contributed by atoms with van der Waals surface area (Å²) in [5.41, 5.74) is -0.209. The smallest absolute Gasteiger partial charge is 0.408 e. The predicted octanol–water partition coefficient (Wildman–Crippen LogP) is 2.61. The summed E-state index contributed by atoms with van der Waals surface area (Å²) in [5, 5.41) is 6.63. The Morgan fingerprint density at radius 3 is 2.55 bits per heavy atom. The molecule has 0 bridgehead atoms. The maximum Gasteiger partial charge on any atom is 0.408 e. The highest BCUT2D eigenvalue weighted by molar-refractivity contribution is 7.10. The van der Waals surface area contributed by atoms with Crippen molar-refractivity contribution >= 4 is 29.0 Å². The summed E-state index contributed by atoms with van der Waals surface area (Å²) in [6, 6.07) is 0.713. The number of likely N-dealkylation sites (N-methyl/N-ethyl adjacent to an activating group) is 1. The van der Waals surface area contributed by atoms with E-state index in [2.05, 4.69) is 15.5 Å². The lowest BCUT2D eigenvalue weighted by molar-refractivity contribution is -0.122. The lowest BCUT2D eigenvalue weighted by Gasteiger charge is -2.22. The average molecular weight is 295 g/mol. The molecule has 2 amide bonds. The highest BCUT2D eigenvalue weighted by Crippen LogP contribution is 2.27. The maximum absolute atomic E-state index is 11.9. The number of alkyl carbamates (subject to hydrolysis) is 1. The van der Waals surface area contributed by atoms with Gasteiger partial charge in [-0.05, 0) is 32.2 Å². The van der Waals surface area contributed by atoms with Gasteiger partial charge in [0.1, 0.15) is 11.6 Å². The first kappa shape index (κ1) is 16.0. The van der Waals surface area contributed by atoms with Crippen molar-refractivity contribution in [3.63, 3.8) is 0 Å². The molecule has 0 saturated carbocycles. The summed E-state index contributed by atoms with van der Waals surface area (Å²) >= 11 is 1.24. The van der Waals surface area contributed by atoms with E-state index in [1.54, 1.807) is 32.2 Å². The third kappa shape index (κ3) is 4.55. The molecule has 0 aliphatic rings. The lowest BCUT2D eigenvalue weighted by atomic mass is 10.2. The molecule has 0 saturated heterocycles. The third-order valence-electron chi connectivity index (χ3n) is 2.19. The maximum atomic E-state index is 11.9. The number of ether oxygens (including phenoxy) is 1. The Labute approximate surface area is 121 Å². The second-order valence-corrected chi connectivity index (χ2v) is 5.96. The van der Waals surface area contributed by atoms with Gasteiger partial charge in [-0.25, -0.2) is 9.64 Å². The molecule has 1 aromatic rings. The van der Waals surface area contributed by atoms with Gasteiger partial charge < -0.3 is 15.4 Å². The van der Waals surface area contributed by atoms with Gasteiger partial charge in [-0.3, -0.25) is 4.79 Å². The Kier molecular flexibility index (Phi) is 5.11. The largest absolute Gasteiger partial charge is 0.444 e. The van der Waals surface area contributed by atoms with Crippen LogP contribution in [0.15, 0.2) is 11.4 Å². The highest BCUT2D eigenvalue weighted by atomic mass is 32.1. The normalized spacial score (nSPS) is 12.2. The van der Waals surface area contributed by atoms with Crippen LogP contribution in [0.25, 0.3) is 4.85 Å². The van der Waals surface area contributed by atoms with E-state index in [4.69, 9.17) is 11.3 Å². The first-order chi connectivity index (χ1) is 9.26. The molecule has 0 aliphatic heterocycles. The number of nitrogens with zero attached hydrogens (tertiary/aromatic N) is 1. The first-order valence-electron chi connectivity index (χ1n) is 5.94. The van der Waals surface area contributed by atoms with Crippen LogP contribution in [0.3, 0.4) is 0 Å². The van der Waals surface area contributed by atoms with Gasteiger partial charge in [-0.1, -0.05) is 0 Å². The molecule has 0 spiro atoms. The molecular formula is C13H17N3O3S. The Morgan fingerprint density at radius 2 is 2.10 bits per heavy atom. The summed E-state index contributed by atoms with van der Waals surface area (Å²) in [7, 11) is 1.48. The van der Waals surface area contributed by atoms with Crippen LogP contribution in [0.2, 0.25) is 0 Å². The summed E-state index contributed by atoms with van der Waals surface area (Å²) in [6.07, 6.45) is -0.677. The Morgan fingerprint density at radius 1 is 1.45 bits per heavy atom. The van der Waals surface area contributed by atoms with Crippen LogP contribution >= 0.6 is 11.3 Å². The minimum absolute atomic E-state index is 0.366. The van der Waals surface area contributed by atoms with Crippen LogP contribution < -0.4 is 10.6 Å². The van der Waals surface area contributed by atoms with Gasteiger partial charge in [0.2, 0.25) is 5.91 Å². The van der Waals surface area contributed by atoms with Crippen LogP contribution in [0.4, 0.5) is 10.5 Å². The van der Waals surface area contributed by atoms with E-state index < -0.39 is 17.7 Å². The van der Waals surface area contributed by atoms with Gasteiger partial charge in [-0.15, -0.1) is 0 Å². The van der Waals surface area contributed by atoms with Crippen molar-refractivity contribution in [2.45, 2.75) is 32.4 Å². The molecule has 7 heteroatoms. The summed E-state index contributed by atoms with van der Waals surface area (Å²) in [5.74, 6) is -0.366. The molecule has 1 heterocycles. The van der Waals surface area contributed by atoms with Crippen LogP contribution in [0.5, 0.6) is 0 Å². The van der Waals surface area contributed by atoms with Crippen molar-refractivity contribution in [3.05, 3.63) is 27.7 Å². The zero-order valence-electron chi connectivity index (χ0n) is 11.8. The summed E-state index contributed by atoms with van der Waals surface area (Å²) in [6.45, 7) is 12.1. The highest BCUT2D eigenvalue weighted by Gasteiger charge is 2.26. The molecule has 0 radical (unpaired) electrons. The van der Waals surface area contributed by atoms with Crippen molar-refractivity contribution in [1.29, 1.82) is 0 Å². The van der Waals surface area contributed by atoms with Crippen molar-refractivity contribution < 1.29 is 14.3 Å². The second-order valence-electron chi connectivity index (χ2n) is 5.01. The second kappa shape index (κ2) is 6.39. The monoisotopic (exact) mass is 295 g/mol. The molecule has 0 aromatic carbocycles. The van der Waals surface area contributed by atoms with Gasteiger partial charge in [0, 0.05) is 11.9 Å². The Hall–Kier alpha value is -2.07. The number of thiophene rings is 1. The van der Waals surface area contributed by atoms with E-state index >= 15 is 0 Å². The zero-order valence-corrected chi connectivity index (χ0v) is 12.6. The fourth-order valence-corrected chi connectivity index (χ4v) is 2.26. The predicted molar refractivity (Wildman–Crippen MR) is 76.8 cm³/mol. The van der Waals surface area contributed by atoms with Crippen LogP contribution in [-0.4, -0.2) is 24.6 Å². The quantitative estimate of drug-likeness (QED) is 0.842. The number of carbonyl (C=O) groups is 2. The number of rotatable bonds is 3. The van der Waals surface area contributed by atoms with Crippen LogP contribution in [0, 0.1) is 6.57 Å². The van der Waals surface area contributed by atoms with Crippen molar-refractivity contribution in [1.82, 2.24) is 10.6 Å². The summed E-state index contributed by atoms with van der Waals surface area (Å²) < 4.78 is 5.13. The number of hydrogen-bond donors (Lipinski definition) is 2. The van der Waals surface area contributed by atoms with E-state index in [1.165, 1.54) is 18.4 Å². The average Bonchev–Trinajstić information content (AvgIpc) is 2.81. The molecule has 1 unspecified atom stereocenters. The summed E-state index contributed by atoms with van der Waals surface area (Å²) in [4.78, 5) is 27.5. The molecule has 0 fully saturated rings. The van der Waals surface area contributed by atoms with Crippen LogP contribution in [0.1, 0.15) is 31.7 Å². The van der Waals surface area contributed by atoms with Gasteiger partial charge in [0.25, 0.3) is 0 Å². The van der Waals surface area contributed by atoms with E-state index in [0.717, 1.165) is 0 Å². The van der Waals surface area contributed by atoms with E-state index in [-0.39, 0.29) is 5.91 Å². The molecule has 1 atom stereocenters. The molecule has 0 aliphatic carbocycles. The van der Waals surface area contributed by atoms with Crippen molar-refractivity contribution in [3.8, 4) is 0 Å². The molecule has 108 valence electrons. The number of carbonyl (C=O) groups excluding carboxylic acids is 2. The fraction of sp³-hybridized carbons (Fsp3) is 0.462. The standard InChI is InChI=1S/C13H17N3O3S/c1-13(2,3)19-12(18)16-10(11(17)15-5)9-6-8(14-4)7-20-9/h6-7,10H,1-3,5H3,(H,15,17)(H,16,18). The van der Waals surface area contributed by atoms with Gasteiger partial charge in [0.05, 0.1) is 6.57 Å². The third-order valence-corrected chi connectivity index (χ3v) is 3.17. The minimum atomic E-state index is -0.865. The molecule has 1 aromatic heterocycles. The number of nitrogens with one attached hydrogen (secondary N) is 2. The molecular weight excluding hydrogens is 278 g/mol. The van der Waals surface area contributed by atoms with E-state index in [1.807, 2.05) is 0 Å². The Bertz CT molecular complexity index is 540. The van der Waals surface area contributed by atoms with Gasteiger partial charge in [0.15, 0.2) is 5.69 Å². The molecule has 1 rings (SSSR count). The van der Waals surface area contributed by atoms with Crippen molar-refractivity contribution in [2.24, 2.45) is 0 Å².